The van der Waals surface area contributed by atoms with Gasteiger partial charge in [-0.1, -0.05) is 32.4 Å². The first kappa shape index (κ1) is 9.93. The molecule has 0 nitrogen and oxygen atoms in total. The number of rotatable bonds is 2. The fourth-order valence-corrected chi connectivity index (χ4v) is 4.75. The Hall–Kier alpha value is -0.260. The summed E-state index contributed by atoms with van der Waals surface area (Å²) in [7, 11) is 0. The SMILES string of the molecule is CC(C)C1CCCC1C12C=CC(CC1)C2. The van der Waals surface area contributed by atoms with Gasteiger partial charge in [0.15, 0.2) is 0 Å². The highest BCUT2D eigenvalue weighted by Crippen LogP contribution is 2.60. The summed E-state index contributed by atoms with van der Waals surface area (Å²) in [5, 5.41) is 0. The summed E-state index contributed by atoms with van der Waals surface area (Å²) in [4.78, 5) is 0. The van der Waals surface area contributed by atoms with Gasteiger partial charge in [-0.05, 0) is 61.2 Å². The van der Waals surface area contributed by atoms with Crippen LogP contribution in [0.2, 0.25) is 0 Å². The van der Waals surface area contributed by atoms with Crippen LogP contribution in [0.4, 0.5) is 0 Å². The van der Waals surface area contributed by atoms with Crippen molar-refractivity contribution in [3.05, 3.63) is 12.2 Å². The van der Waals surface area contributed by atoms with Crippen LogP contribution in [-0.4, -0.2) is 0 Å². The number of fused-ring (bicyclic) bond motifs is 2. The van der Waals surface area contributed by atoms with Crippen LogP contribution in [0.1, 0.15) is 52.4 Å². The average molecular weight is 204 g/mol. The van der Waals surface area contributed by atoms with Crippen molar-refractivity contribution in [1.82, 2.24) is 0 Å². The molecule has 15 heavy (non-hydrogen) atoms. The van der Waals surface area contributed by atoms with Gasteiger partial charge in [0.2, 0.25) is 0 Å². The molecule has 3 rings (SSSR count). The van der Waals surface area contributed by atoms with Gasteiger partial charge in [0.05, 0.1) is 0 Å². The van der Waals surface area contributed by atoms with E-state index < -0.39 is 0 Å². The van der Waals surface area contributed by atoms with E-state index in [0.29, 0.717) is 5.41 Å². The summed E-state index contributed by atoms with van der Waals surface area (Å²) in [6.45, 7) is 4.87. The molecule has 0 spiro atoms. The third-order valence-corrected chi connectivity index (χ3v) is 5.49. The zero-order valence-corrected chi connectivity index (χ0v) is 10.2. The predicted molar refractivity (Wildman–Crippen MR) is 64.6 cm³/mol. The summed E-state index contributed by atoms with van der Waals surface area (Å²) in [6.07, 6.45) is 14.1. The molecular weight excluding hydrogens is 180 g/mol. The Morgan fingerprint density at radius 2 is 2.07 bits per heavy atom. The normalized spacial score (nSPS) is 48.3. The van der Waals surface area contributed by atoms with Gasteiger partial charge in [-0.2, -0.15) is 0 Å². The van der Waals surface area contributed by atoms with Crippen LogP contribution >= 0.6 is 0 Å². The second-order valence-corrected chi connectivity index (χ2v) is 6.54. The molecule has 3 aliphatic rings. The van der Waals surface area contributed by atoms with E-state index in [0.717, 1.165) is 23.7 Å². The van der Waals surface area contributed by atoms with E-state index in [-0.39, 0.29) is 0 Å². The van der Waals surface area contributed by atoms with Crippen molar-refractivity contribution in [1.29, 1.82) is 0 Å². The minimum atomic E-state index is 0.663. The van der Waals surface area contributed by atoms with Gasteiger partial charge in [-0.3, -0.25) is 0 Å². The summed E-state index contributed by atoms with van der Waals surface area (Å²) < 4.78 is 0. The van der Waals surface area contributed by atoms with Crippen molar-refractivity contribution in [3.8, 4) is 0 Å². The van der Waals surface area contributed by atoms with Crippen molar-refractivity contribution in [2.24, 2.45) is 29.1 Å². The zero-order chi connectivity index (χ0) is 10.5. The molecule has 3 aliphatic carbocycles. The van der Waals surface area contributed by atoms with Gasteiger partial charge in [0.25, 0.3) is 0 Å². The molecule has 4 unspecified atom stereocenters. The lowest BCUT2D eigenvalue weighted by molar-refractivity contribution is 0.152. The summed E-state index contributed by atoms with van der Waals surface area (Å²) in [5.74, 6) is 3.91. The molecule has 0 heterocycles. The first-order valence-corrected chi connectivity index (χ1v) is 6.91. The molecule has 84 valence electrons. The number of hydrogen-bond donors (Lipinski definition) is 0. The molecular formula is C15H24. The molecule has 2 saturated carbocycles. The van der Waals surface area contributed by atoms with Crippen LogP contribution in [0, 0.1) is 29.1 Å². The molecule has 0 saturated heterocycles. The highest BCUT2D eigenvalue weighted by Gasteiger charge is 2.50. The fraction of sp³-hybridized carbons (Fsp3) is 0.867. The van der Waals surface area contributed by atoms with Crippen molar-refractivity contribution in [3.63, 3.8) is 0 Å². The van der Waals surface area contributed by atoms with Crippen molar-refractivity contribution < 1.29 is 0 Å². The van der Waals surface area contributed by atoms with Gasteiger partial charge in [0, 0.05) is 0 Å². The second-order valence-electron chi connectivity index (χ2n) is 6.54. The average Bonchev–Trinajstić information content (AvgIpc) is 2.93. The fourth-order valence-electron chi connectivity index (χ4n) is 4.75. The molecule has 0 N–H and O–H groups in total. The van der Waals surface area contributed by atoms with Crippen LogP contribution in [0.15, 0.2) is 12.2 Å². The van der Waals surface area contributed by atoms with Gasteiger partial charge >= 0.3 is 0 Å². The van der Waals surface area contributed by atoms with E-state index in [1.807, 2.05) is 0 Å². The zero-order valence-electron chi connectivity index (χ0n) is 10.2. The molecule has 0 aromatic rings. The van der Waals surface area contributed by atoms with E-state index >= 15 is 0 Å². The Labute approximate surface area is 94.1 Å². The van der Waals surface area contributed by atoms with E-state index in [9.17, 15) is 0 Å². The van der Waals surface area contributed by atoms with E-state index in [4.69, 9.17) is 0 Å². The van der Waals surface area contributed by atoms with Gasteiger partial charge in [-0.15, -0.1) is 0 Å². The standard InChI is InChI=1S/C15H24/c1-11(2)13-4-3-5-14(13)15-8-6-12(10-15)7-9-15/h6,8,11-14H,3-5,7,9-10H2,1-2H3. The van der Waals surface area contributed by atoms with Crippen LogP contribution < -0.4 is 0 Å². The van der Waals surface area contributed by atoms with E-state index in [2.05, 4.69) is 26.0 Å². The molecule has 0 heteroatoms. The van der Waals surface area contributed by atoms with Crippen LogP contribution in [-0.2, 0) is 0 Å². The molecule has 0 radical (unpaired) electrons. The molecule has 2 fully saturated rings. The van der Waals surface area contributed by atoms with E-state index in [1.165, 1.54) is 38.5 Å². The first-order chi connectivity index (χ1) is 7.21. The highest BCUT2D eigenvalue weighted by molar-refractivity contribution is 5.18. The predicted octanol–water partition coefficient (Wildman–Crippen LogP) is 4.42. The number of hydrogen-bond acceptors (Lipinski definition) is 0. The Balaban J connectivity index is 1.84. The Bertz CT molecular complexity index is 276. The minimum absolute atomic E-state index is 0.663. The smallest absolute Gasteiger partial charge is 0.00813 e. The summed E-state index contributed by atoms with van der Waals surface area (Å²) in [6, 6.07) is 0. The topological polar surface area (TPSA) is 0 Å². The van der Waals surface area contributed by atoms with Gasteiger partial charge in [-0.25, -0.2) is 0 Å². The van der Waals surface area contributed by atoms with Crippen molar-refractivity contribution in [2.45, 2.75) is 52.4 Å². The lowest BCUT2D eigenvalue weighted by Crippen LogP contribution is -2.30. The molecule has 4 atom stereocenters. The Morgan fingerprint density at radius 1 is 1.20 bits per heavy atom. The minimum Gasteiger partial charge on any atom is -0.0848 e. The maximum atomic E-state index is 2.62. The van der Waals surface area contributed by atoms with Crippen LogP contribution in [0.5, 0.6) is 0 Å². The quantitative estimate of drug-likeness (QED) is 0.584. The Morgan fingerprint density at radius 3 is 2.60 bits per heavy atom. The van der Waals surface area contributed by atoms with Crippen molar-refractivity contribution >= 4 is 0 Å². The largest absolute Gasteiger partial charge is 0.0848 e. The second kappa shape index (κ2) is 3.37. The summed E-state index contributed by atoms with van der Waals surface area (Å²) in [5.41, 5.74) is 0.663. The monoisotopic (exact) mass is 204 g/mol. The summed E-state index contributed by atoms with van der Waals surface area (Å²) >= 11 is 0. The van der Waals surface area contributed by atoms with Gasteiger partial charge < -0.3 is 0 Å². The third-order valence-electron chi connectivity index (χ3n) is 5.49. The van der Waals surface area contributed by atoms with E-state index in [1.54, 1.807) is 0 Å². The molecule has 0 aromatic heterocycles. The van der Waals surface area contributed by atoms with Crippen LogP contribution in [0.3, 0.4) is 0 Å². The lowest BCUT2D eigenvalue weighted by Gasteiger charge is -2.37. The van der Waals surface area contributed by atoms with Crippen molar-refractivity contribution in [2.75, 3.05) is 0 Å². The molecule has 0 aromatic carbocycles. The van der Waals surface area contributed by atoms with Crippen LogP contribution in [0.25, 0.3) is 0 Å². The molecule has 0 aliphatic heterocycles. The van der Waals surface area contributed by atoms with Gasteiger partial charge in [0.1, 0.15) is 0 Å². The first-order valence-electron chi connectivity index (χ1n) is 6.91. The maximum Gasteiger partial charge on any atom is -0.00813 e. The molecule has 0 amide bonds. The number of allylic oxidation sites excluding steroid dienone is 2. The maximum absolute atomic E-state index is 2.62. The molecule has 2 bridgehead atoms. The highest BCUT2D eigenvalue weighted by atomic mass is 14.5. The Kier molecular flexibility index (Phi) is 2.23. The third kappa shape index (κ3) is 1.40. The lowest BCUT2D eigenvalue weighted by atomic mass is 9.67.